The highest BCUT2D eigenvalue weighted by Crippen LogP contribution is 2.18. The van der Waals surface area contributed by atoms with Gasteiger partial charge in [-0.05, 0) is 19.3 Å². The van der Waals surface area contributed by atoms with Crippen LogP contribution >= 0.6 is 0 Å². The first kappa shape index (κ1) is 13.2. The van der Waals surface area contributed by atoms with Crippen LogP contribution in [0.4, 0.5) is 0 Å². The number of carboxylic acids is 1. The zero-order chi connectivity index (χ0) is 11.4. The van der Waals surface area contributed by atoms with Gasteiger partial charge in [0.05, 0.1) is 0 Å². The summed E-state index contributed by atoms with van der Waals surface area (Å²) < 4.78 is 0. The molecule has 0 aromatic carbocycles. The second-order valence-corrected chi connectivity index (χ2v) is 4.69. The van der Waals surface area contributed by atoms with Crippen LogP contribution in [0.25, 0.3) is 0 Å². The van der Waals surface area contributed by atoms with Gasteiger partial charge in [-0.2, -0.15) is 0 Å². The Morgan fingerprint density at radius 3 is 2.36 bits per heavy atom. The van der Waals surface area contributed by atoms with E-state index in [9.17, 15) is 4.79 Å². The van der Waals surface area contributed by atoms with E-state index in [0.717, 1.165) is 0 Å². The molecule has 3 heteroatoms. The Kier molecular flexibility index (Phi) is 4.85. The Hall–Kier alpha value is -0.830. The van der Waals surface area contributed by atoms with Crippen LogP contribution in [0.15, 0.2) is 11.6 Å². The van der Waals surface area contributed by atoms with E-state index >= 15 is 0 Å². The average Bonchev–Trinajstić information content (AvgIpc) is 2.01. The Morgan fingerprint density at radius 1 is 1.50 bits per heavy atom. The third-order valence-electron chi connectivity index (χ3n) is 2.47. The summed E-state index contributed by atoms with van der Waals surface area (Å²) in [7, 11) is 0. The summed E-state index contributed by atoms with van der Waals surface area (Å²) in [6.07, 6.45) is 1.70. The van der Waals surface area contributed by atoms with Gasteiger partial charge < -0.3 is 10.4 Å². The van der Waals surface area contributed by atoms with E-state index in [1.54, 1.807) is 13.0 Å². The maximum atomic E-state index is 10.5. The molecule has 0 amide bonds. The molecule has 82 valence electrons. The van der Waals surface area contributed by atoms with Crippen molar-refractivity contribution in [3.05, 3.63) is 11.6 Å². The van der Waals surface area contributed by atoms with Gasteiger partial charge in [0.1, 0.15) is 0 Å². The molecule has 0 saturated heterocycles. The summed E-state index contributed by atoms with van der Waals surface area (Å²) >= 11 is 0. The molecule has 0 aromatic heterocycles. The predicted octanol–water partition coefficient (Wildman–Crippen LogP) is 2.04. The first-order chi connectivity index (χ1) is 6.25. The number of rotatable bonds is 4. The summed E-state index contributed by atoms with van der Waals surface area (Å²) in [4.78, 5) is 10.5. The smallest absolute Gasteiger partial charge is 0.330 e. The normalized spacial score (nSPS) is 15.4. The molecule has 1 atom stereocenters. The largest absolute Gasteiger partial charge is 0.478 e. The van der Waals surface area contributed by atoms with E-state index in [2.05, 4.69) is 33.0 Å². The fourth-order valence-electron chi connectivity index (χ4n) is 0.782. The lowest BCUT2D eigenvalue weighted by molar-refractivity contribution is -0.132. The Labute approximate surface area is 86.2 Å². The van der Waals surface area contributed by atoms with E-state index in [1.807, 2.05) is 0 Å². The van der Waals surface area contributed by atoms with Gasteiger partial charge in [0, 0.05) is 18.2 Å². The molecule has 0 aromatic rings. The van der Waals surface area contributed by atoms with Crippen LogP contribution < -0.4 is 5.32 Å². The van der Waals surface area contributed by atoms with Crippen molar-refractivity contribution in [3.8, 4) is 0 Å². The minimum Gasteiger partial charge on any atom is -0.478 e. The number of nitrogens with one attached hydrogen (secondary N) is 1. The van der Waals surface area contributed by atoms with Crippen molar-refractivity contribution in [1.82, 2.24) is 5.32 Å². The van der Waals surface area contributed by atoms with Crippen LogP contribution in [0.1, 0.15) is 34.6 Å². The van der Waals surface area contributed by atoms with Gasteiger partial charge in [-0.1, -0.05) is 26.8 Å². The first-order valence-corrected chi connectivity index (χ1v) is 4.88. The molecule has 0 rings (SSSR count). The molecule has 0 heterocycles. The summed E-state index contributed by atoms with van der Waals surface area (Å²) in [5.41, 5.74) is 0.587. The Balaban J connectivity index is 3.97. The number of carbonyl (C=O) groups is 1. The molecule has 0 radical (unpaired) electrons. The van der Waals surface area contributed by atoms with E-state index in [1.165, 1.54) is 0 Å². The van der Waals surface area contributed by atoms with Crippen molar-refractivity contribution in [2.24, 2.45) is 5.41 Å². The predicted molar refractivity (Wildman–Crippen MR) is 58.3 cm³/mol. The molecule has 3 nitrogen and oxygen atoms in total. The van der Waals surface area contributed by atoms with Crippen LogP contribution in [0.2, 0.25) is 0 Å². The monoisotopic (exact) mass is 199 g/mol. The second-order valence-electron chi connectivity index (χ2n) is 4.69. The van der Waals surface area contributed by atoms with Crippen molar-refractivity contribution in [2.45, 2.75) is 40.7 Å². The average molecular weight is 199 g/mol. The van der Waals surface area contributed by atoms with Crippen LogP contribution in [-0.2, 0) is 4.79 Å². The van der Waals surface area contributed by atoms with Gasteiger partial charge in [0.2, 0.25) is 0 Å². The zero-order valence-corrected chi connectivity index (χ0v) is 9.72. The van der Waals surface area contributed by atoms with Gasteiger partial charge in [-0.15, -0.1) is 0 Å². The van der Waals surface area contributed by atoms with Crippen LogP contribution in [0.3, 0.4) is 0 Å². The van der Waals surface area contributed by atoms with E-state index < -0.39 is 5.97 Å². The fourth-order valence-corrected chi connectivity index (χ4v) is 0.782. The zero-order valence-electron chi connectivity index (χ0n) is 9.72. The summed E-state index contributed by atoms with van der Waals surface area (Å²) in [6.45, 7) is 10.8. The molecule has 0 saturated carbocycles. The molecule has 0 aliphatic rings. The third-order valence-corrected chi connectivity index (χ3v) is 2.47. The molecule has 2 N–H and O–H groups in total. The molecule has 0 fully saturated rings. The third kappa shape index (κ3) is 5.02. The van der Waals surface area contributed by atoms with Crippen molar-refractivity contribution in [3.63, 3.8) is 0 Å². The second kappa shape index (κ2) is 5.15. The minimum absolute atomic E-state index is 0.199. The first-order valence-electron chi connectivity index (χ1n) is 4.88. The highest BCUT2D eigenvalue weighted by Gasteiger charge is 2.18. The maximum Gasteiger partial charge on any atom is 0.330 e. The molecule has 0 aliphatic carbocycles. The van der Waals surface area contributed by atoms with Crippen molar-refractivity contribution in [1.29, 1.82) is 0 Å². The van der Waals surface area contributed by atoms with Crippen molar-refractivity contribution in [2.75, 3.05) is 6.54 Å². The fraction of sp³-hybridized carbons (Fsp3) is 0.727. The summed E-state index contributed by atoms with van der Waals surface area (Å²) in [5.74, 6) is -0.852. The molecule has 0 bridgehead atoms. The van der Waals surface area contributed by atoms with Gasteiger partial charge in [-0.3, -0.25) is 0 Å². The molecular formula is C11H21NO2. The lowest BCUT2D eigenvalue weighted by atomic mass is 9.88. The molecular weight excluding hydrogens is 178 g/mol. The lowest BCUT2D eigenvalue weighted by Gasteiger charge is -2.27. The molecule has 0 aliphatic heterocycles. The van der Waals surface area contributed by atoms with Crippen LogP contribution in [-0.4, -0.2) is 23.7 Å². The Bertz CT molecular complexity index is 226. The van der Waals surface area contributed by atoms with Gasteiger partial charge >= 0.3 is 5.97 Å². The minimum atomic E-state index is -0.852. The maximum absolute atomic E-state index is 10.5. The quantitative estimate of drug-likeness (QED) is 0.681. The van der Waals surface area contributed by atoms with Crippen molar-refractivity contribution < 1.29 is 9.90 Å². The lowest BCUT2D eigenvalue weighted by Crippen LogP contribution is -2.37. The van der Waals surface area contributed by atoms with Crippen molar-refractivity contribution >= 4 is 5.97 Å². The van der Waals surface area contributed by atoms with Crippen LogP contribution in [0, 0.1) is 5.41 Å². The SMILES string of the molecule is C/C(=C/CNC(C)C(C)(C)C)C(=O)O. The Morgan fingerprint density at radius 2 is 2.00 bits per heavy atom. The highest BCUT2D eigenvalue weighted by molar-refractivity contribution is 5.85. The molecule has 14 heavy (non-hydrogen) atoms. The van der Waals surface area contributed by atoms with E-state index in [0.29, 0.717) is 18.2 Å². The number of hydrogen-bond acceptors (Lipinski definition) is 2. The van der Waals surface area contributed by atoms with Gasteiger partial charge in [-0.25, -0.2) is 4.79 Å². The van der Waals surface area contributed by atoms with E-state index in [-0.39, 0.29) is 5.41 Å². The number of hydrogen-bond donors (Lipinski definition) is 2. The standard InChI is InChI=1S/C11H21NO2/c1-8(10(13)14)6-7-12-9(2)11(3,4)5/h6,9,12H,7H2,1-5H3,(H,13,14)/b8-6-. The number of aliphatic carboxylic acids is 1. The van der Waals surface area contributed by atoms with E-state index in [4.69, 9.17) is 5.11 Å². The van der Waals surface area contributed by atoms with Crippen LogP contribution in [0.5, 0.6) is 0 Å². The summed E-state index contributed by atoms with van der Waals surface area (Å²) in [5, 5.41) is 11.9. The topological polar surface area (TPSA) is 49.3 Å². The van der Waals surface area contributed by atoms with Gasteiger partial charge in [0.15, 0.2) is 0 Å². The highest BCUT2D eigenvalue weighted by atomic mass is 16.4. The summed E-state index contributed by atoms with van der Waals surface area (Å²) in [6, 6.07) is 0.361. The van der Waals surface area contributed by atoms with Gasteiger partial charge in [0.25, 0.3) is 0 Å². The number of carboxylic acid groups (broad SMARTS) is 1. The molecule has 1 unspecified atom stereocenters. The molecule has 0 spiro atoms.